The van der Waals surface area contributed by atoms with Crippen molar-refractivity contribution in [3.8, 4) is 45.3 Å². The molecule has 0 radical (unpaired) electrons. The fourth-order valence-electron chi connectivity index (χ4n) is 7.72. The van der Waals surface area contributed by atoms with Crippen LogP contribution in [0.1, 0.15) is 0 Å². The van der Waals surface area contributed by atoms with Crippen LogP contribution in [-0.4, -0.2) is 15.0 Å². The zero-order chi connectivity index (χ0) is 34.2. The van der Waals surface area contributed by atoms with E-state index in [1.54, 1.807) is 0 Å². The highest BCUT2D eigenvalue weighted by molar-refractivity contribution is 6.21. The molecule has 0 unspecified atom stereocenters. The van der Waals surface area contributed by atoms with Crippen molar-refractivity contribution in [2.24, 2.45) is 0 Å². The molecule has 3 aromatic heterocycles. The Labute approximate surface area is 297 Å². The van der Waals surface area contributed by atoms with Crippen molar-refractivity contribution in [1.82, 2.24) is 15.0 Å². The molecule has 242 valence electrons. The first-order valence-corrected chi connectivity index (χ1v) is 17.4. The second-order valence-electron chi connectivity index (χ2n) is 13.1. The van der Waals surface area contributed by atoms with Crippen LogP contribution < -0.4 is 0 Å². The van der Waals surface area contributed by atoms with E-state index >= 15 is 0 Å². The predicted octanol–water partition coefficient (Wildman–Crippen LogP) is 12.6. The molecule has 8 aromatic carbocycles. The Morgan fingerprint density at radius 3 is 1.79 bits per heavy atom. The van der Waals surface area contributed by atoms with Gasteiger partial charge >= 0.3 is 0 Å². The molecule has 11 rings (SSSR count). The molecule has 5 nitrogen and oxygen atoms in total. The van der Waals surface area contributed by atoms with Gasteiger partial charge in [0, 0.05) is 43.6 Å². The van der Waals surface area contributed by atoms with Crippen molar-refractivity contribution >= 4 is 65.4 Å². The van der Waals surface area contributed by atoms with Gasteiger partial charge in [-0.1, -0.05) is 133 Å². The van der Waals surface area contributed by atoms with Gasteiger partial charge in [0.05, 0.1) is 0 Å². The van der Waals surface area contributed by atoms with E-state index in [1.807, 2.05) is 72.8 Å². The van der Waals surface area contributed by atoms with E-state index in [2.05, 4.69) is 91.0 Å². The Bertz CT molecular complexity index is 3190. The third kappa shape index (κ3) is 4.39. The molecule has 0 saturated heterocycles. The summed E-state index contributed by atoms with van der Waals surface area (Å²) in [6, 6.07) is 56.3. The maximum Gasteiger partial charge on any atom is 0.164 e. The predicted molar refractivity (Wildman–Crippen MR) is 211 cm³/mol. The molecule has 0 N–H and O–H groups in total. The molecule has 0 amide bonds. The van der Waals surface area contributed by atoms with Gasteiger partial charge in [0.25, 0.3) is 0 Å². The molecule has 11 aromatic rings. The van der Waals surface area contributed by atoms with Crippen LogP contribution in [0.2, 0.25) is 0 Å². The molecule has 0 aliphatic heterocycles. The summed E-state index contributed by atoms with van der Waals surface area (Å²) in [5.74, 6) is 1.75. The number of nitrogens with zero attached hydrogens (tertiary/aromatic N) is 3. The van der Waals surface area contributed by atoms with Crippen molar-refractivity contribution in [1.29, 1.82) is 0 Å². The molecule has 3 heterocycles. The number of furan rings is 2. The smallest absolute Gasteiger partial charge is 0.164 e. The summed E-state index contributed by atoms with van der Waals surface area (Å²) in [5.41, 5.74) is 8.23. The third-order valence-corrected chi connectivity index (χ3v) is 10.1. The van der Waals surface area contributed by atoms with Gasteiger partial charge in [0.2, 0.25) is 0 Å². The standard InChI is InChI=1S/C47H27N3O2/c1-2-13-29(14-3-1)45-48-46(36-20-11-23-41-42(36)34-17-6-8-21-39(34)51-41)50-47(49-45)38-27-31-25-24-30(33-19-10-15-28-12-4-5-16-32(28)33)26-37(31)44-43(38)35-18-7-9-22-40(35)52-44/h1-27H. The minimum atomic E-state index is 0.574. The van der Waals surface area contributed by atoms with Crippen molar-refractivity contribution in [3.05, 3.63) is 164 Å². The molecule has 0 aliphatic rings. The van der Waals surface area contributed by atoms with Gasteiger partial charge in [0.1, 0.15) is 22.3 Å². The number of hydrogen-bond donors (Lipinski definition) is 0. The van der Waals surface area contributed by atoms with Gasteiger partial charge < -0.3 is 8.83 Å². The van der Waals surface area contributed by atoms with Crippen LogP contribution >= 0.6 is 0 Å². The second-order valence-corrected chi connectivity index (χ2v) is 13.1. The molecule has 5 heteroatoms. The first-order valence-electron chi connectivity index (χ1n) is 17.4. The molecular weight excluding hydrogens is 639 g/mol. The van der Waals surface area contributed by atoms with Crippen molar-refractivity contribution in [3.63, 3.8) is 0 Å². The molecule has 0 saturated carbocycles. The van der Waals surface area contributed by atoms with Crippen molar-refractivity contribution in [2.75, 3.05) is 0 Å². The van der Waals surface area contributed by atoms with Crippen LogP contribution in [-0.2, 0) is 0 Å². The molecular formula is C47H27N3O2. The highest BCUT2D eigenvalue weighted by Crippen LogP contribution is 2.43. The van der Waals surface area contributed by atoms with Gasteiger partial charge in [-0.3, -0.25) is 0 Å². The summed E-state index contributed by atoms with van der Waals surface area (Å²) >= 11 is 0. The zero-order valence-corrected chi connectivity index (χ0v) is 27.7. The number of rotatable bonds is 4. The van der Waals surface area contributed by atoms with Gasteiger partial charge in [-0.15, -0.1) is 0 Å². The van der Waals surface area contributed by atoms with Gasteiger partial charge in [-0.2, -0.15) is 0 Å². The van der Waals surface area contributed by atoms with Gasteiger partial charge in [-0.25, -0.2) is 15.0 Å². The summed E-state index contributed by atoms with van der Waals surface area (Å²) in [7, 11) is 0. The van der Waals surface area contributed by atoms with E-state index in [4.69, 9.17) is 23.8 Å². The topological polar surface area (TPSA) is 65.0 Å². The Kier molecular flexibility index (Phi) is 6.18. The average Bonchev–Trinajstić information content (AvgIpc) is 3.80. The normalized spacial score (nSPS) is 11.8. The van der Waals surface area contributed by atoms with E-state index in [9.17, 15) is 0 Å². The Hall–Kier alpha value is -7.11. The lowest BCUT2D eigenvalue weighted by Crippen LogP contribution is -2.01. The summed E-state index contributed by atoms with van der Waals surface area (Å²) in [6.45, 7) is 0. The maximum absolute atomic E-state index is 6.75. The Morgan fingerprint density at radius 2 is 0.942 bits per heavy atom. The SMILES string of the molecule is c1ccc(-c2nc(-c3cccc4oc5ccccc5c34)nc(-c3cc4ccc(-c5cccc6ccccc56)cc4c4oc5ccccc5c34)n2)cc1. The number of aromatic nitrogens is 3. The molecule has 52 heavy (non-hydrogen) atoms. The van der Waals surface area contributed by atoms with E-state index in [0.717, 1.165) is 76.9 Å². The minimum Gasteiger partial charge on any atom is -0.456 e. The largest absolute Gasteiger partial charge is 0.456 e. The average molecular weight is 666 g/mol. The fourth-order valence-corrected chi connectivity index (χ4v) is 7.72. The summed E-state index contributed by atoms with van der Waals surface area (Å²) in [4.78, 5) is 15.6. The van der Waals surface area contributed by atoms with Gasteiger partial charge in [0.15, 0.2) is 17.5 Å². The van der Waals surface area contributed by atoms with Crippen molar-refractivity contribution in [2.45, 2.75) is 0 Å². The van der Waals surface area contributed by atoms with E-state index in [-0.39, 0.29) is 0 Å². The summed E-state index contributed by atoms with van der Waals surface area (Å²) in [5, 5.41) is 8.48. The Morgan fingerprint density at radius 1 is 0.327 bits per heavy atom. The van der Waals surface area contributed by atoms with E-state index in [0.29, 0.717) is 17.5 Å². The lowest BCUT2D eigenvalue weighted by molar-refractivity contribution is 0.669. The monoisotopic (exact) mass is 665 g/mol. The van der Waals surface area contributed by atoms with Crippen LogP contribution in [0.4, 0.5) is 0 Å². The highest BCUT2D eigenvalue weighted by Gasteiger charge is 2.22. The zero-order valence-electron chi connectivity index (χ0n) is 27.7. The molecule has 0 atom stereocenters. The molecule has 0 fully saturated rings. The molecule has 0 aliphatic carbocycles. The third-order valence-electron chi connectivity index (χ3n) is 10.1. The lowest BCUT2D eigenvalue weighted by atomic mass is 9.94. The first kappa shape index (κ1) is 28.7. The summed E-state index contributed by atoms with van der Waals surface area (Å²) in [6.07, 6.45) is 0. The number of hydrogen-bond acceptors (Lipinski definition) is 5. The highest BCUT2D eigenvalue weighted by atomic mass is 16.3. The Balaban J connectivity index is 1.21. The van der Waals surface area contributed by atoms with Crippen LogP contribution in [0.25, 0.3) is 111 Å². The first-order chi connectivity index (χ1) is 25.8. The number of para-hydroxylation sites is 2. The van der Waals surface area contributed by atoms with Crippen LogP contribution in [0.15, 0.2) is 173 Å². The van der Waals surface area contributed by atoms with E-state index < -0.39 is 0 Å². The molecule has 0 bridgehead atoms. The van der Waals surface area contributed by atoms with E-state index in [1.165, 1.54) is 16.3 Å². The minimum absolute atomic E-state index is 0.574. The quantitative estimate of drug-likeness (QED) is 0.187. The van der Waals surface area contributed by atoms with Crippen LogP contribution in [0.5, 0.6) is 0 Å². The second kappa shape index (κ2) is 11.2. The van der Waals surface area contributed by atoms with Gasteiger partial charge in [-0.05, 0) is 57.6 Å². The van der Waals surface area contributed by atoms with Crippen LogP contribution in [0.3, 0.4) is 0 Å². The number of fused-ring (bicyclic) bond motifs is 9. The number of benzene rings is 8. The molecule has 0 spiro atoms. The summed E-state index contributed by atoms with van der Waals surface area (Å²) < 4.78 is 13.0. The van der Waals surface area contributed by atoms with Crippen molar-refractivity contribution < 1.29 is 8.83 Å². The van der Waals surface area contributed by atoms with Crippen LogP contribution in [0, 0.1) is 0 Å². The lowest BCUT2D eigenvalue weighted by Gasteiger charge is -2.12. The maximum atomic E-state index is 6.75. The fraction of sp³-hybridized carbons (Fsp3) is 0.